The lowest BCUT2D eigenvalue weighted by Gasteiger charge is -2.18. The molecule has 0 atom stereocenters. The van der Waals surface area contributed by atoms with E-state index in [1.54, 1.807) is 32.9 Å². The highest BCUT2D eigenvalue weighted by Gasteiger charge is 2.40. The van der Waals surface area contributed by atoms with Crippen molar-refractivity contribution in [2.45, 2.75) is 64.4 Å². The fraction of sp³-hybridized carbons (Fsp3) is 0.278. The Balaban J connectivity index is 0.000000203. The van der Waals surface area contributed by atoms with E-state index in [0.717, 1.165) is 37.3 Å². The summed E-state index contributed by atoms with van der Waals surface area (Å²) in [6, 6.07) is 12.9. The number of aromatic nitrogens is 2. The summed E-state index contributed by atoms with van der Waals surface area (Å²) < 4.78 is 56.9. The Bertz CT molecular complexity index is 2210. The molecule has 3 aromatic carbocycles. The second kappa shape index (κ2) is 15.7. The fourth-order valence-corrected chi connectivity index (χ4v) is 7.16. The molecule has 16 heteroatoms. The van der Waals surface area contributed by atoms with Gasteiger partial charge in [0, 0.05) is 23.7 Å². The zero-order valence-electron chi connectivity index (χ0n) is 28.6. The lowest BCUT2D eigenvalue weighted by atomic mass is 10.0. The second-order valence-corrected chi connectivity index (χ2v) is 15.1. The van der Waals surface area contributed by atoms with Gasteiger partial charge < -0.3 is 13.7 Å². The molecule has 52 heavy (non-hydrogen) atoms. The lowest BCUT2D eigenvalue weighted by molar-refractivity contribution is -0.114. The summed E-state index contributed by atoms with van der Waals surface area (Å²) in [5.74, 6) is -2.03. The SMILES string of the molecule is CC(C)=C1OC(=O)N(c2cc(OC3CCCC3)c(Cl)cc2F)C1=O.Cc1ccc(S(=O)(=O)Oc2c(C(=O)c3ccc(Cl)cc3Cl)c(C)nn2C)cc1. The minimum Gasteiger partial charge on any atom is -0.489 e. The molecule has 0 N–H and O–H groups in total. The molecule has 0 radical (unpaired) electrons. The van der Waals surface area contributed by atoms with E-state index in [-0.39, 0.29) is 55.2 Å². The van der Waals surface area contributed by atoms with Crippen molar-refractivity contribution >= 4 is 68.4 Å². The highest BCUT2D eigenvalue weighted by Crippen LogP contribution is 2.38. The third kappa shape index (κ3) is 8.28. The summed E-state index contributed by atoms with van der Waals surface area (Å²) >= 11 is 18.1. The molecule has 0 spiro atoms. The maximum Gasteiger partial charge on any atom is 0.427 e. The number of carbonyl (C=O) groups excluding carboxylic acids is 3. The largest absolute Gasteiger partial charge is 0.489 e. The minimum atomic E-state index is -4.16. The second-order valence-electron chi connectivity index (χ2n) is 12.3. The number of amides is 2. The zero-order valence-corrected chi connectivity index (χ0v) is 31.7. The van der Waals surface area contributed by atoms with Crippen molar-refractivity contribution < 1.29 is 40.8 Å². The molecule has 1 aromatic heterocycles. The molecule has 2 heterocycles. The van der Waals surface area contributed by atoms with Gasteiger partial charge in [-0.3, -0.25) is 9.59 Å². The first-order valence-electron chi connectivity index (χ1n) is 15.9. The maximum atomic E-state index is 14.3. The lowest BCUT2D eigenvalue weighted by Crippen LogP contribution is -2.29. The molecular weight excluding hydrogens is 760 g/mol. The number of cyclic esters (lactones) is 1. The third-order valence-corrected chi connectivity index (χ3v) is 10.2. The summed E-state index contributed by atoms with van der Waals surface area (Å²) in [4.78, 5) is 38.0. The van der Waals surface area contributed by atoms with Gasteiger partial charge in [-0.05, 0) is 95.3 Å². The summed E-state index contributed by atoms with van der Waals surface area (Å²) in [6.45, 7) is 6.70. The number of allylic oxidation sites excluding steroid dienone is 1. The normalized spacial score (nSPS) is 14.6. The van der Waals surface area contributed by atoms with Gasteiger partial charge in [0.15, 0.2) is 5.76 Å². The Labute approximate surface area is 314 Å². The van der Waals surface area contributed by atoms with Crippen molar-refractivity contribution in [3.8, 4) is 11.6 Å². The first-order chi connectivity index (χ1) is 24.5. The number of benzene rings is 3. The van der Waals surface area contributed by atoms with Crippen LogP contribution in [0, 0.1) is 19.7 Å². The molecule has 1 saturated heterocycles. The van der Waals surface area contributed by atoms with Gasteiger partial charge in [-0.15, -0.1) is 0 Å². The van der Waals surface area contributed by atoms with Crippen LogP contribution in [0.15, 0.2) is 70.8 Å². The van der Waals surface area contributed by atoms with Crippen LogP contribution < -0.4 is 13.8 Å². The van der Waals surface area contributed by atoms with Gasteiger partial charge in [-0.1, -0.05) is 52.5 Å². The quantitative estimate of drug-likeness (QED) is 0.0974. The first kappa shape index (κ1) is 38.8. The van der Waals surface area contributed by atoms with E-state index in [2.05, 4.69) is 5.10 Å². The van der Waals surface area contributed by atoms with Crippen molar-refractivity contribution in [2.24, 2.45) is 7.05 Å². The molecule has 11 nitrogen and oxygen atoms in total. The van der Waals surface area contributed by atoms with Crippen molar-refractivity contribution in [1.82, 2.24) is 9.78 Å². The van der Waals surface area contributed by atoms with Crippen LogP contribution in [0.3, 0.4) is 0 Å². The Morgan fingerprint density at radius 3 is 2.21 bits per heavy atom. The number of anilines is 1. The number of hydrogen-bond donors (Lipinski definition) is 0. The predicted molar refractivity (Wildman–Crippen MR) is 193 cm³/mol. The van der Waals surface area contributed by atoms with Crippen LogP contribution in [0.4, 0.5) is 14.9 Å². The molecule has 1 aliphatic heterocycles. The van der Waals surface area contributed by atoms with E-state index in [1.807, 2.05) is 6.92 Å². The van der Waals surface area contributed by atoms with Crippen molar-refractivity contribution in [1.29, 1.82) is 0 Å². The number of halogens is 4. The topological polar surface area (TPSA) is 134 Å². The average Bonchev–Trinajstić information content (AvgIpc) is 3.76. The third-order valence-electron chi connectivity index (χ3n) is 8.13. The Kier molecular flexibility index (Phi) is 11.7. The van der Waals surface area contributed by atoms with Crippen LogP contribution in [0.1, 0.15) is 66.7 Å². The van der Waals surface area contributed by atoms with Crippen LogP contribution in [0.5, 0.6) is 11.6 Å². The van der Waals surface area contributed by atoms with Crippen molar-refractivity contribution in [3.05, 3.63) is 109 Å². The molecule has 6 rings (SSSR count). The van der Waals surface area contributed by atoms with Crippen LogP contribution in [-0.2, 0) is 26.7 Å². The Hall–Kier alpha value is -4.43. The van der Waals surface area contributed by atoms with Gasteiger partial charge in [0.2, 0.25) is 11.7 Å². The van der Waals surface area contributed by atoms with E-state index < -0.39 is 33.7 Å². The van der Waals surface area contributed by atoms with Crippen molar-refractivity contribution in [3.63, 3.8) is 0 Å². The number of hydrogen-bond acceptors (Lipinski definition) is 9. The molecule has 1 aliphatic carbocycles. The van der Waals surface area contributed by atoms with Gasteiger partial charge in [-0.2, -0.15) is 13.5 Å². The van der Waals surface area contributed by atoms with Gasteiger partial charge >= 0.3 is 22.1 Å². The molecule has 4 aromatic rings. The smallest absolute Gasteiger partial charge is 0.427 e. The number of rotatable bonds is 8. The molecule has 274 valence electrons. The number of carbonyl (C=O) groups is 3. The number of ketones is 1. The monoisotopic (exact) mass is 791 g/mol. The Morgan fingerprint density at radius 1 is 0.962 bits per heavy atom. The minimum absolute atomic E-state index is 0.00962. The van der Waals surface area contributed by atoms with E-state index in [0.29, 0.717) is 21.2 Å². The molecule has 2 fully saturated rings. The summed E-state index contributed by atoms with van der Waals surface area (Å²) in [5, 5.41) is 4.76. The van der Waals surface area contributed by atoms with Crippen molar-refractivity contribution in [2.75, 3.05) is 4.90 Å². The predicted octanol–water partition coefficient (Wildman–Crippen LogP) is 8.92. The van der Waals surface area contributed by atoms with Crippen LogP contribution in [0.25, 0.3) is 0 Å². The molecular formula is C36H33Cl3FN3O8S. The number of nitrogens with zero attached hydrogens (tertiary/aromatic N) is 3. The van der Waals surface area contributed by atoms with E-state index in [9.17, 15) is 27.2 Å². The van der Waals surface area contributed by atoms with Gasteiger partial charge in [0.1, 0.15) is 22.0 Å². The highest BCUT2D eigenvalue weighted by molar-refractivity contribution is 7.87. The zero-order chi connectivity index (χ0) is 38.1. The van der Waals surface area contributed by atoms with Gasteiger partial charge in [-0.25, -0.2) is 18.8 Å². The van der Waals surface area contributed by atoms with E-state index in [1.165, 1.54) is 48.1 Å². The van der Waals surface area contributed by atoms with Crippen LogP contribution in [-0.4, -0.2) is 42.1 Å². The van der Waals surface area contributed by atoms with Gasteiger partial charge in [0.05, 0.1) is 27.5 Å². The maximum absolute atomic E-state index is 14.3. The standard InChI is InChI=1S/C19H16Cl2N2O4S.C17H17ClFNO4/c1-11-4-7-14(8-5-11)28(25,26)27-19-17(12(2)22-23(19)3)18(24)15-9-6-13(20)10-16(15)21;1-9(2)15-16(21)20(17(22)24-15)13-8-14(11(18)7-12(13)19)23-10-5-3-4-6-10/h4-10H,1-3H3;7-8,10H,3-6H2,1-2H3. The molecule has 0 unspecified atom stereocenters. The summed E-state index contributed by atoms with van der Waals surface area (Å²) in [5.41, 5.74) is 1.71. The highest BCUT2D eigenvalue weighted by atomic mass is 35.5. The molecule has 2 amide bonds. The average molecular weight is 793 g/mol. The van der Waals surface area contributed by atoms with Gasteiger partial charge in [0.25, 0.3) is 0 Å². The van der Waals surface area contributed by atoms with E-state index in [4.69, 9.17) is 48.5 Å². The molecule has 2 aliphatic rings. The van der Waals surface area contributed by atoms with Crippen LogP contribution >= 0.6 is 34.8 Å². The number of aryl methyl sites for hydroxylation is 3. The summed E-state index contributed by atoms with van der Waals surface area (Å²) in [7, 11) is -2.67. The van der Waals surface area contributed by atoms with E-state index >= 15 is 0 Å². The number of ether oxygens (including phenoxy) is 2. The fourth-order valence-electron chi connectivity index (χ4n) is 5.51. The molecule has 1 saturated carbocycles. The number of imide groups is 1. The van der Waals surface area contributed by atoms with Crippen LogP contribution in [0.2, 0.25) is 15.1 Å². The Morgan fingerprint density at radius 2 is 1.62 bits per heavy atom. The molecule has 0 bridgehead atoms. The first-order valence-corrected chi connectivity index (χ1v) is 18.5. The summed E-state index contributed by atoms with van der Waals surface area (Å²) in [6.07, 6.45) is 3.00.